The summed E-state index contributed by atoms with van der Waals surface area (Å²) >= 11 is 7.38. The summed E-state index contributed by atoms with van der Waals surface area (Å²) in [7, 11) is 0. The number of rotatable bonds is 4. The summed E-state index contributed by atoms with van der Waals surface area (Å²) < 4.78 is 0. The molecule has 1 heterocycles. The first-order valence-electron chi connectivity index (χ1n) is 6.11. The Kier molecular flexibility index (Phi) is 4.82. The molecule has 0 fully saturated rings. The summed E-state index contributed by atoms with van der Waals surface area (Å²) in [5.41, 5.74) is 7.86. The largest absolute Gasteiger partial charge is 0.409 e. The van der Waals surface area contributed by atoms with Crippen LogP contribution in [0.2, 0.25) is 5.02 Å². The van der Waals surface area contributed by atoms with Crippen molar-refractivity contribution in [1.82, 2.24) is 5.32 Å². The van der Waals surface area contributed by atoms with Crippen molar-refractivity contribution in [2.45, 2.75) is 13.5 Å². The molecule has 0 aliphatic rings. The van der Waals surface area contributed by atoms with E-state index in [0.29, 0.717) is 22.0 Å². The first kappa shape index (κ1) is 15.3. The molecule has 5 nitrogen and oxygen atoms in total. The Labute approximate surface area is 131 Å². The average molecular weight is 324 g/mol. The fourth-order valence-corrected chi connectivity index (χ4v) is 2.94. The van der Waals surface area contributed by atoms with Gasteiger partial charge in [-0.15, -0.1) is 11.3 Å². The number of benzene rings is 1. The van der Waals surface area contributed by atoms with Gasteiger partial charge in [-0.25, -0.2) is 0 Å². The Morgan fingerprint density at radius 1 is 1.52 bits per heavy atom. The first-order chi connectivity index (χ1) is 10.0. The van der Waals surface area contributed by atoms with Crippen LogP contribution in [0.1, 0.15) is 26.4 Å². The third kappa shape index (κ3) is 3.53. The zero-order valence-electron chi connectivity index (χ0n) is 11.3. The Hall–Kier alpha value is -2.05. The molecule has 0 bridgehead atoms. The third-order valence-electron chi connectivity index (χ3n) is 2.89. The summed E-state index contributed by atoms with van der Waals surface area (Å²) in [6, 6.07) is 7.09. The maximum Gasteiger partial charge on any atom is 0.263 e. The molecule has 1 amide bonds. The molecule has 0 saturated carbocycles. The van der Waals surface area contributed by atoms with Crippen molar-refractivity contribution in [3.8, 4) is 0 Å². The van der Waals surface area contributed by atoms with E-state index in [1.165, 1.54) is 11.3 Å². The van der Waals surface area contributed by atoms with Gasteiger partial charge in [0.25, 0.3) is 5.91 Å². The molecular weight excluding hydrogens is 310 g/mol. The van der Waals surface area contributed by atoms with Crippen LogP contribution in [0.4, 0.5) is 0 Å². The zero-order chi connectivity index (χ0) is 15.4. The number of aryl methyl sites for hydroxylation is 1. The molecule has 0 saturated heterocycles. The van der Waals surface area contributed by atoms with E-state index in [1.54, 1.807) is 18.2 Å². The molecule has 2 rings (SSSR count). The summed E-state index contributed by atoms with van der Waals surface area (Å²) in [5.74, 6) is -0.188. The second-order valence-electron chi connectivity index (χ2n) is 4.43. The van der Waals surface area contributed by atoms with Gasteiger partial charge in [0.15, 0.2) is 5.84 Å². The van der Waals surface area contributed by atoms with Crippen LogP contribution in [0, 0.1) is 6.92 Å². The van der Waals surface area contributed by atoms with Crippen molar-refractivity contribution >= 4 is 34.7 Å². The van der Waals surface area contributed by atoms with Gasteiger partial charge in [0, 0.05) is 12.1 Å². The molecule has 7 heteroatoms. The van der Waals surface area contributed by atoms with E-state index in [-0.39, 0.29) is 11.7 Å². The van der Waals surface area contributed by atoms with Crippen LogP contribution in [-0.4, -0.2) is 17.0 Å². The van der Waals surface area contributed by atoms with Gasteiger partial charge in [0.2, 0.25) is 0 Å². The zero-order valence-corrected chi connectivity index (χ0v) is 12.8. The van der Waals surface area contributed by atoms with Gasteiger partial charge in [-0.3, -0.25) is 4.79 Å². The number of carbonyl (C=O) groups excluding carboxylic acids is 1. The molecule has 0 aliphatic heterocycles. The van der Waals surface area contributed by atoms with Gasteiger partial charge in [0.05, 0.1) is 5.02 Å². The quantitative estimate of drug-likeness (QED) is 0.350. The van der Waals surface area contributed by atoms with Crippen molar-refractivity contribution in [1.29, 1.82) is 0 Å². The Bertz CT molecular complexity index is 697. The number of nitrogens with two attached hydrogens (primary N) is 1. The molecule has 1 aromatic carbocycles. The Morgan fingerprint density at radius 2 is 2.29 bits per heavy atom. The number of hydrogen-bond acceptors (Lipinski definition) is 4. The van der Waals surface area contributed by atoms with Crippen LogP contribution >= 0.6 is 22.9 Å². The predicted octanol–water partition coefficient (Wildman–Crippen LogP) is 2.73. The van der Waals surface area contributed by atoms with E-state index in [4.69, 9.17) is 22.5 Å². The fraction of sp³-hybridized carbons (Fsp3) is 0.143. The number of carbonyl (C=O) groups is 1. The number of nitrogens with one attached hydrogen (secondary N) is 1. The molecule has 0 radical (unpaired) electrons. The van der Waals surface area contributed by atoms with Gasteiger partial charge in [-0.1, -0.05) is 35.0 Å². The maximum absolute atomic E-state index is 12.1. The number of amidine groups is 1. The number of nitrogens with zero attached hydrogens (tertiary/aromatic N) is 1. The SMILES string of the molecule is Cc1csc(C(=O)NCc2cccc(/C(N)=N/O)c2)c1Cl. The third-order valence-corrected chi connectivity index (χ3v) is 4.58. The second kappa shape index (κ2) is 6.60. The highest BCUT2D eigenvalue weighted by Crippen LogP contribution is 2.26. The normalized spacial score (nSPS) is 11.4. The molecule has 0 atom stereocenters. The van der Waals surface area contributed by atoms with Crippen molar-refractivity contribution in [2.75, 3.05) is 0 Å². The number of hydrogen-bond donors (Lipinski definition) is 3. The summed E-state index contributed by atoms with van der Waals surface area (Å²) in [4.78, 5) is 12.6. The summed E-state index contributed by atoms with van der Waals surface area (Å²) in [6.07, 6.45) is 0. The summed E-state index contributed by atoms with van der Waals surface area (Å²) in [6.45, 7) is 2.19. The Balaban J connectivity index is 2.06. The highest BCUT2D eigenvalue weighted by atomic mass is 35.5. The predicted molar refractivity (Wildman–Crippen MR) is 84.2 cm³/mol. The van der Waals surface area contributed by atoms with Crippen LogP contribution < -0.4 is 11.1 Å². The minimum absolute atomic E-state index is 0.0279. The van der Waals surface area contributed by atoms with Crippen molar-refractivity contribution in [3.05, 3.63) is 56.2 Å². The lowest BCUT2D eigenvalue weighted by molar-refractivity contribution is 0.0955. The molecule has 110 valence electrons. The molecule has 2 aromatic rings. The van der Waals surface area contributed by atoms with Crippen LogP contribution in [0.3, 0.4) is 0 Å². The van der Waals surface area contributed by atoms with E-state index in [2.05, 4.69) is 10.5 Å². The monoisotopic (exact) mass is 323 g/mol. The fourth-order valence-electron chi connectivity index (χ4n) is 1.74. The number of oxime groups is 1. The van der Waals surface area contributed by atoms with Crippen molar-refractivity contribution < 1.29 is 10.0 Å². The molecule has 0 spiro atoms. The van der Waals surface area contributed by atoms with Gasteiger partial charge >= 0.3 is 0 Å². The van der Waals surface area contributed by atoms with Crippen LogP contribution in [0.15, 0.2) is 34.8 Å². The average Bonchev–Trinajstić information content (AvgIpc) is 2.84. The maximum atomic E-state index is 12.1. The molecule has 0 aliphatic carbocycles. The van der Waals surface area contributed by atoms with E-state index in [0.717, 1.165) is 11.1 Å². The summed E-state index contributed by atoms with van der Waals surface area (Å²) in [5, 5.41) is 16.7. The first-order valence-corrected chi connectivity index (χ1v) is 7.37. The van der Waals surface area contributed by atoms with Gasteiger partial charge in [-0.2, -0.15) is 0 Å². The topological polar surface area (TPSA) is 87.7 Å². The van der Waals surface area contributed by atoms with Gasteiger partial charge in [0.1, 0.15) is 4.88 Å². The highest BCUT2D eigenvalue weighted by Gasteiger charge is 2.14. The minimum Gasteiger partial charge on any atom is -0.409 e. The van der Waals surface area contributed by atoms with Gasteiger partial charge in [-0.05, 0) is 29.5 Å². The van der Waals surface area contributed by atoms with E-state index in [9.17, 15) is 4.79 Å². The molecular formula is C14H14ClN3O2S. The highest BCUT2D eigenvalue weighted by molar-refractivity contribution is 7.13. The van der Waals surface area contributed by atoms with Crippen LogP contribution in [-0.2, 0) is 6.54 Å². The molecule has 0 unspecified atom stereocenters. The Morgan fingerprint density at radius 3 is 2.90 bits per heavy atom. The van der Waals surface area contributed by atoms with Crippen LogP contribution in [0.25, 0.3) is 0 Å². The number of halogens is 1. The molecule has 21 heavy (non-hydrogen) atoms. The van der Waals surface area contributed by atoms with E-state index < -0.39 is 0 Å². The number of amides is 1. The van der Waals surface area contributed by atoms with Crippen molar-refractivity contribution in [2.24, 2.45) is 10.9 Å². The van der Waals surface area contributed by atoms with E-state index in [1.807, 2.05) is 18.4 Å². The smallest absolute Gasteiger partial charge is 0.263 e. The lowest BCUT2D eigenvalue weighted by Gasteiger charge is -2.06. The molecule has 4 N–H and O–H groups in total. The van der Waals surface area contributed by atoms with Crippen molar-refractivity contribution in [3.63, 3.8) is 0 Å². The standard InChI is InChI=1S/C14H14ClN3O2S/c1-8-7-21-12(11(8)15)14(19)17-6-9-3-2-4-10(5-9)13(16)18-20/h2-5,7,20H,6H2,1H3,(H2,16,18)(H,17,19). The number of thiophene rings is 1. The second-order valence-corrected chi connectivity index (χ2v) is 5.69. The van der Waals surface area contributed by atoms with Crippen LogP contribution in [0.5, 0.6) is 0 Å². The lowest BCUT2D eigenvalue weighted by atomic mass is 10.1. The van der Waals surface area contributed by atoms with E-state index >= 15 is 0 Å². The molecule has 1 aromatic heterocycles. The minimum atomic E-state index is -0.215. The van der Waals surface area contributed by atoms with Gasteiger partial charge < -0.3 is 16.3 Å². The lowest BCUT2D eigenvalue weighted by Crippen LogP contribution is -2.22.